The van der Waals surface area contributed by atoms with Gasteiger partial charge in [0.25, 0.3) is 0 Å². The molecule has 2 rings (SSSR count). The van der Waals surface area contributed by atoms with Crippen LogP contribution in [0.3, 0.4) is 0 Å². The Morgan fingerprint density at radius 2 is 2.40 bits per heavy atom. The fraction of sp³-hybridized carbons (Fsp3) is 0.200. The molecule has 0 unspecified atom stereocenters. The predicted molar refractivity (Wildman–Crippen MR) is 59.2 cm³/mol. The summed E-state index contributed by atoms with van der Waals surface area (Å²) in [5.41, 5.74) is 0.655. The van der Waals surface area contributed by atoms with E-state index < -0.39 is 0 Å². The van der Waals surface area contributed by atoms with Gasteiger partial charge in [-0.2, -0.15) is 0 Å². The molecule has 0 spiro atoms. The van der Waals surface area contributed by atoms with Crippen molar-refractivity contribution in [1.29, 1.82) is 0 Å². The van der Waals surface area contributed by atoms with Crippen molar-refractivity contribution in [2.45, 2.75) is 13.3 Å². The molecule has 78 valence electrons. The molecule has 0 aliphatic carbocycles. The summed E-state index contributed by atoms with van der Waals surface area (Å²) in [5.74, 6) is 0.585. The van der Waals surface area contributed by atoms with Crippen LogP contribution in [0, 0.1) is 0 Å². The molecule has 0 bridgehead atoms. The van der Waals surface area contributed by atoms with Gasteiger partial charge >= 0.3 is 0 Å². The Kier molecular flexibility index (Phi) is 2.88. The lowest BCUT2D eigenvalue weighted by Gasteiger charge is -1.87. The minimum absolute atomic E-state index is 0.0686. The van der Waals surface area contributed by atoms with Crippen LogP contribution in [-0.2, 0) is 11.2 Å². The number of rotatable bonds is 3. The molecular weight excluding hydrogens is 234 g/mol. The fourth-order valence-corrected chi connectivity index (χ4v) is 2.16. The molecule has 0 amide bonds. The monoisotopic (exact) mass is 241 g/mol. The van der Waals surface area contributed by atoms with Gasteiger partial charge in [0.05, 0.1) is 21.3 Å². The van der Waals surface area contributed by atoms with Crippen LogP contribution in [0.15, 0.2) is 22.8 Å². The number of ketones is 1. The van der Waals surface area contributed by atoms with Crippen LogP contribution in [0.1, 0.15) is 12.6 Å². The topological polar surface area (TPSA) is 43.1 Å². The molecule has 2 aromatic heterocycles. The van der Waals surface area contributed by atoms with E-state index in [4.69, 9.17) is 16.0 Å². The third-order valence-electron chi connectivity index (χ3n) is 1.77. The number of nitrogens with zero attached hydrogens (tertiary/aromatic N) is 1. The van der Waals surface area contributed by atoms with E-state index in [0.717, 1.165) is 4.88 Å². The van der Waals surface area contributed by atoms with E-state index in [1.807, 2.05) is 6.07 Å². The first kappa shape index (κ1) is 10.4. The summed E-state index contributed by atoms with van der Waals surface area (Å²) in [4.78, 5) is 15.9. The number of Topliss-reactive ketones (excluding diaryl/α,β-unsaturated/α-hetero) is 1. The van der Waals surface area contributed by atoms with E-state index >= 15 is 0 Å². The molecule has 15 heavy (non-hydrogen) atoms. The highest BCUT2D eigenvalue weighted by molar-refractivity contribution is 7.19. The summed E-state index contributed by atoms with van der Waals surface area (Å²) < 4.78 is 5.94. The third-order valence-corrected chi connectivity index (χ3v) is 2.98. The zero-order chi connectivity index (χ0) is 10.8. The number of hydrogen-bond donors (Lipinski definition) is 0. The fourth-order valence-electron chi connectivity index (χ4n) is 1.19. The van der Waals surface area contributed by atoms with Crippen molar-refractivity contribution < 1.29 is 9.21 Å². The van der Waals surface area contributed by atoms with Crippen LogP contribution in [0.4, 0.5) is 0 Å². The SMILES string of the molecule is CC(=O)Cc1coc(-c2ccc(Cl)s2)n1. The van der Waals surface area contributed by atoms with E-state index in [2.05, 4.69) is 4.98 Å². The van der Waals surface area contributed by atoms with Crippen LogP contribution in [0.5, 0.6) is 0 Å². The van der Waals surface area contributed by atoms with Gasteiger partial charge < -0.3 is 4.42 Å². The van der Waals surface area contributed by atoms with Crippen LogP contribution in [0.2, 0.25) is 4.34 Å². The maximum Gasteiger partial charge on any atom is 0.236 e. The standard InChI is InChI=1S/C10H8ClNO2S/c1-6(13)4-7-5-14-10(12-7)8-2-3-9(11)15-8/h2-3,5H,4H2,1H3. The molecule has 0 aliphatic rings. The van der Waals surface area contributed by atoms with Gasteiger partial charge in [0, 0.05) is 0 Å². The number of carbonyl (C=O) groups is 1. The Bertz CT molecular complexity index is 489. The largest absolute Gasteiger partial charge is 0.444 e. The Balaban J connectivity index is 2.23. The Labute approximate surface area is 95.7 Å². The molecule has 5 heteroatoms. The lowest BCUT2D eigenvalue weighted by molar-refractivity contribution is -0.116. The minimum Gasteiger partial charge on any atom is -0.444 e. The summed E-state index contributed by atoms with van der Waals surface area (Å²) in [6, 6.07) is 3.63. The highest BCUT2D eigenvalue weighted by Crippen LogP contribution is 2.30. The first-order valence-corrected chi connectivity index (χ1v) is 5.54. The van der Waals surface area contributed by atoms with Gasteiger partial charge in [-0.25, -0.2) is 4.98 Å². The zero-order valence-corrected chi connectivity index (χ0v) is 9.56. The Morgan fingerprint density at radius 3 is 3.00 bits per heavy atom. The van der Waals surface area contributed by atoms with E-state index in [1.54, 1.807) is 6.07 Å². The smallest absolute Gasteiger partial charge is 0.236 e. The van der Waals surface area contributed by atoms with Crippen molar-refractivity contribution in [2.24, 2.45) is 0 Å². The molecule has 2 heterocycles. The molecular formula is C10H8ClNO2S. The molecule has 0 fully saturated rings. The quantitative estimate of drug-likeness (QED) is 0.829. The van der Waals surface area contributed by atoms with Crippen molar-refractivity contribution >= 4 is 28.7 Å². The first-order valence-electron chi connectivity index (χ1n) is 4.34. The van der Waals surface area contributed by atoms with Gasteiger partial charge in [-0.3, -0.25) is 4.79 Å². The van der Waals surface area contributed by atoms with E-state index in [9.17, 15) is 4.79 Å². The number of carbonyl (C=O) groups excluding carboxylic acids is 1. The van der Waals surface area contributed by atoms with Crippen LogP contribution < -0.4 is 0 Å². The van der Waals surface area contributed by atoms with Crippen LogP contribution in [-0.4, -0.2) is 10.8 Å². The second kappa shape index (κ2) is 4.16. The van der Waals surface area contributed by atoms with Gasteiger partial charge in [-0.1, -0.05) is 11.6 Å². The second-order valence-electron chi connectivity index (χ2n) is 3.13. The molecule has 3 nitrogen and oxygen atoms in total. The molecule has 0 radical (unpaired) electrons. The Hall–Kier alpha value is -1.13. The maximum absolute atomic E-state index is 10.9. The number of aromatic nitrogens is 1. The lowest BCUT2D eigenvalue weighted by Crippen LogP contribution is -1.95. The predicted octanol–water partition coefficient (Wildman–Crippen LogP) is 3.19. The summed E-state index contributed by atoms with van der Waals surface area (Å²) in [6.07, 6.45) is 1.81. The van der Waals surface area contributed by atoms with Gasteiger partial charge in [0.1, 0.15) is 12.0 Å². The van der Waals surface area contributed by atoms with Gasteiger partial charge in [-0.05, 0) is 19.1 Å². The summed E-state index contributed by atoms with van der Waals surface area (Å²) >= 11 is 7.19. The average Bonchev–Trinajstić information content (AvgIpc) is 2.72. The van der Waals surface area contributed by atoms with Gasteiger partial charge in [0.2, 0.25) is 5.89 Å². The van der Waals surface area contributed by atoms with Crippen molar-refractivity contribution in [1.82, 2.24) is 4.98 Å². The Morgan fingerprint density at radius 1 is 1.60 bits per heavy atom. The summed E-state index contributed by atoms with van der Waals surface area (Å²) in [7, 11) is 0. The van der Waals surface area contributed by atoms with Crippen LogP contribution >= 0.6 is 22.9 Å². The van der Waals surface area contributed by atoms with Gasteiger partial charge in [0.15, 0.2) is 0 Å². The molecule has 0 aliphatic heterocycles. The molecule has 2 aromatic rings. The number of halogens is 1. The zero-order valence-electron chi connectivity index (χ0n) is 7.99. The van der Waals surface area contributed by atoms with E-state index in [1.165, 1.54) is 24.5 Å². The molecule has 0 N–H and O–H groups in total. The van der Waals surface area contributed by atoms with Crippen molar-refractivity contribution in [3.05, 3.63) is 28.4 Å². The number of oxazole rings is 1. The first-order chi connectivity index (χ1) is 7.15. The molecule has 0 saturated carbocycles. The molecule has 0 aromatic carbocycles. The number of hydrogen-bond acceptors (Lipinski definition) is 4. The lowest BCUT2D eigenvalue weighted by atomic mass is 10.2. The normalized spacial score (nSPS) is 10.5. The van der Waals surface area contributed by atoms with Crippen molar-refractivity contribution in [3.63, 3.8) is 0 Å². The highest BCUT2D eigenvalue weighted by atomic mass is 35.5. The average molecular weight is 242 g/mol. The summed E-state index contributed by atoms with van der Waals surface area (Å²) in [5, 5.41) is 0. The summed E-state index contributed by atoms with van der Waals surface area (Å²) in [6.45, 7) is 1.52. The van der Waals surface area contributed by atoms with E-state index in [-0.39, 0.29) is 5.78 Å². The van der Waals surface area contributed by atoms with Crippen LogP contribution in [0.25, 0.3) is 10.8 Å². The maximum atomic E-state index is 10.9. The number of thiophene rings is 1. The van der Waals surface area contributed by atoms with Crippen molar-refractivity contribution in [3.8, 4) is 10.8 Å². The molecule has 0 atom stereocenters. The second-order valence-corrected chi connectivity index (χ2v) is 4.84. The third kappa shape index (κ3) is 2.46. The van der Waals surface area contributed by atoms with E-state index in [0.29, 0.717) is 22.3 Å². The van der Waals surface area contributed by atoms with Crippen molar-refractivity contribution in [2.75, 3.05) is 0 Å². The van der Waals surface area contributed by atoms with Gasteiger partial charge in [-0.15, -0.1) is 11.3 Å². The minimum atomic E-state index is 0.0686. The molecule has 0 saturated heterocycles. The highest BCUT2D eigenvalue weighted by Gasteiger charge is 2.09.